The molecule has 0 bridgehead atoms. The Hall–Kier alpha value is -4.45. The van der Waals surface area contributed by atoms with Crippen LogP contribution in [0.1, 0.15) is 46.6 Å². The van der Waals surface area contributed by atoms with E-state index in [0.717, 1.165) is 0 Å². The van der Waals surface area contributed by atoms with Gasteiger partial charge in [0, 0.05) is 42.8 Å². The van der Waals surface area contributed by atoms with E-state index < -0.39 is 40.3 Å². The van der Waals surface area contributed by atoms with Crippen molar-refractivity contribution < 1.29 is 28.8 Å². The van der Waals surface area contributed by atoms with E-state index in [1.807, 2.05) is 0 Å². The zero-order valence-corrected chi connectivity index (χ0v) is 22.4. The quantitative estimate of drug-likeness (QED) is 0.257. The number of methoxy groups -OCH3 is 1. The molecule has 12 nitrogen and oxygen atoms in total. The highest BCUT2D eigenvalue weighted by atomic mass is 16.6. The van der Waals surface area contributed by atoms with Crippen LogP contribution in [-0.4, -0.2) is 76.9 Å². The molecule has 0 aliphatic carbocycles. The Labute approximate surface area is 222 Å². The highest BCUT2D eigenvalue weighted by molar-refractivity contribution is 5.83. The Morgan fingerprint density at radius 3 is 2.39 bits per heavy atom. The number of carbonyl (C=O) groups excluding carboxylic acids is 3. The first-order valence-corrected chi connectivity index (χ1v) is 12.0. The number of alkyl carbamates (subject to hydrolysis) is 1. The van der Waals surface area contributed by atoms with Crippen LogP contribution in [0.25, 0.3) is 0 Å². The highest BCUT2D eigenvalue weighted by Crippen LogP contribution is 2.20. The minimum atomic E-state index is -1.15. The van der Waals surface area contributed by atoms with Crippen molar-refractivity contribution in [2.24, 2.45) is 0 Å². The number of nitro groups is 1. The largest absolute Gasteiger partial charge is 0.467 e. The fraction of sp³-hybridized carbons (Fsp3) is 0.500. The van der Waals surface area contributed by atoms with Crippen LogP contribution in [0.15, 0.2) is 24.3 Å². The zero-order chi connectivity index (χ0) is 28.5. The average molecular weight is 528 g/mol. The third-order valence-corrected chi connectivity index (χ3v) is 5.48. The standard InChI is InChI=1S/C26H33N5O7/c1-7-21(22(32)37-6)27-23(33)29-16-17-30(26(5,18-29)28-24(34)38-25(2,3)4)15-9-8-10-19-11-13-20(14-12-19)31(35)36/h11-14,21H,7,16-18H2,1-6H3,(H,27,33)(H,28,34)/t21-,26-/m0/s1. The molecule has 0 saturated carbocycles. The number of piperazine rings is 1. The van der Waals surface area contributed by atoms with Gasteiger partial charge in [-0.05, 0) is 52.2 Å². The Bertz CT molecular complexity index is 1170. The van der Waals surface area contributed by atoms with E-state index in [9.17, 15) is 24.5 Å². The summed E-state index contributed by atoms with van der Waals surface area (Å²) >= 11 is 0. The summed E-state index contributed by atoms with van der Waals surface area (Å²) in [5.41, 5.74) is -1.37. The van der Waals surface area contributed by atoms with E-state index in [0.29, 0.717) is 12.0 Å². The SMILES string of the molecule is CC[C@H](NC(=O)N1CCN(C#CC#Cc2ccc([N+](=O)[O-])cc2)[C@](C)(NC(=O)OC(C)(C)C)C1)C(=O)OC. The number of urea groups is 1. The Morgan fingerprint density at radius 1 is 1.18 bits per heavy atom. The van der Waals surface area contributed by atoms with Crippen molar-refractivity contribution in [1.82, 2.24) is 20.4 Å². The van der Waals surface area contributed by atoms with Crippen molar-refractivity contribution in [1.29, 1.82) is 0 Å². The second kappa shape index (κ2) is 12.7. The van der Waals surface area contributed by atoms with Gasteiger partial charge in [0.25, 0.3) is 5.69 Å². The number of ether oxygens (including phenoxy) is 2. The fourth-order valence-electron chi connectivity index (χ4n) is 3.56. The van der Waals surface area contributed by atoms with Crippen LogP contribution in [-0.2, 0) is 14.3 Å². The molecule has 1 aromatic carbocycles. The second-order valence-corrected chi connectivity index (χ2v) is 9.70. The van der Waals surface area contributed by atoms with Crippen molar-refractivity contribution in [3.8, 4) is 23.8 Å². The molecule has 0 aromatic heterocycles. The van der Waals surface area contributed by atoms with Crippen LogP contribution in [0.4, 0.5) is 15.3 Å². The third-order valence-electron chi connectivity index (χ3n) is 5.48. The number of nitro benzene ring substituents is 1. The van der Waals surface area contributed by atoms with E-state index in [1.54, 1.807) is 39.5 Å². The van der Waals surface area contributed by atoms with Gasteiger partial charge >= 0.3 is 18.1 Å². The summed E-state index contributed by atoms with van der Waals surface area (Å²) in [6.45, 7) is 9.23. The normalized spacial score (nSPS) is 17.5. The van der Waals surface area contributed by atoms with Crippen molar-refractivity contribution >= 4 is 23.8 Å². The summed E-state index contributed by atoms with van der Waals surface area (Å²) in [6, 6.07) is 7.39. The molecule has 0 radical (unpaired) electrons. The molecule has 1 fully saturated rings. The molecular formula is C26H33N5O7. The van der Waals surface area contributed by atoms with Gasteiger partial charge in [0.15, 0.2) is 0 Å². The predicted octanol–water partition coefficient (Wildman–Crippen LogP) is 2.43. The number of esters is 1. The molecule has 204 valence electrons. The number of hydrogen-bond acceptors (Lipinski definition) is 8. The molecule has 1 saturated heterocycles. The number of carbonyl (C=O) groups is 3. The van der Waals surface area contributed by atoms with Gasteiger partial charge in [-0.3, -0.25) is 15.4 Å². The molecule has 12 heteroatoms. The van der Waals surface area contributed by atoms with Gasteiger partial charge in [-0.2, -0.15) is 0 Å². The minimum Gasteiger partial charge on any atom is -0.467 e. The van der Waals surface area contributed by atoms with Crippen LogP contribution in [0.3, 0.4) is 0 Å². The number of rotatable bonds is 5. The van der Waals surface area contributed by atoms with Gasteiger partial charge in [0.2, 0.25) is 0 Å². The molecule has 38 heavy (non-hydrogen) atoms. The number of benzene rings is 1. The van der Waals surface area contributed by atoms with Crippen molar-refractivity contribution in [2.75, 3.05) is 26.7 Å². The summed E-state index contributed by atoms with van der Waals surface area (Å²) in [4.78, 5) is 50.9. The second-order valence-electron chi connectivity index (χ2n) is 9.70. The first-order valence-electron chi connectivity index (χ1n) is 12.0. The lowest BCUT2D eigenvalue weighted by Gasteiger charge is -2.47. The van der Waals surface area contributed by atoms with Gasteiger partial charge < -0.3 is 24.6 Å². The summed E-state index contributed by atoms with van der Waals surface area (Å²) in [7, 11) is 1.25. The summed E-state index contributed by atoms with van der Waals surface area (Å²) in [5, 5.41) is 16.3. The van der Waals surface area contributed by atoms with Crippen LogP contribution < -0.4 is 10.6 Å². The van der Waals surface area contributed by atoms with Crippen LogP contribution >= 0.6 is 0 Å². The molecule has 1 aliphatic rings. The summed E-state index contributed by atoms with van der Waals surface area (Å²) < 4.78 is 10.1. The number of hydrogen-bond donors (Lipinski definition) is 2. The number of nitrogens with one attached hydrogen (secondary N) is 2. The van der Waals surface area contributed by atoms with E-state index in [-0.39, 0.29) is 25.3 Å². The van der Waals surface area contributed by atoms with Gasteiger partial charge in [-0.15, -0.1) is 0 Å². The van der Waals surface area contributed by atoms with E-state index >= 15 is 0 Å². The molecule has 1 aromatic rings. The van der Waals surface area contributed by atoms with Gasteiger partial charge in [-0.1, -0.05) is 12.8 Å². The smallest absolute Gasteiger partial charge is 0.409 e. The van der Waals surface area contributed by atoms with Gasteiger partial charge in [0.05, 0.1) is 18.6 Å². The lowest BCUT2D eigenvalue weighted by Crippen LogP contribution is -2.69. The third kappa shape index (κ3) is 8.59. The molecule has 2 N–H and O–H groups in total. The molecular weight excluding hydrogens is 494 g/mol. The maximum absolute atomic E-state index is 12.9. The number of amides is 3. The Balaban J connectivity index is 2.23. The van der Waals surface area contributed by atoms with Crippen LogP contribution in [0, 0.1) is 33.9 Å². The molecule has 0 spiro atoms. The van der Waals surface area contributed by atoms with Crippen molar-refractivity contribution in [2.45, 2.75) is 58.3 Å². The minimum absolute atomic E-state index is 0.0376. The summed E-state index contributed by atoms with van der Waals surface area (Å²) in [6.07, 6.45) is -0.336. The Morgan fingerprint density at radius 2 is 1.84 bits per heavy atom. The number of non-ortho nitro benzene ring substituents is 1. The fourth-order valence-corrected chi connectivity index (χ4v) is 3.56. The molecule has 2 atom stereocenters. The Kier molecular flexibility index (Phi) is 9.94. The van der Waals surface area contributed by atoms with Crippen molar-refractivity contribution in [3.63, 3.8) is 0 Å². The molecule has 1 aliphatic heterocycles. The van der Waals surface area contributed by atoms with Gasteiger partial charge in [-0.25, -0.2) is 14.4 Å². The lowest BCUT2D eigenvalue weighted by atomic mass is 10.1. The molecule has 0 unspecified atom stereocenters. The predicted molar refractivity (Wildman–Crippen MR) is 138 cm³/mol. The maximum Gasteiger partial charge on any atom is 0.409 e. The molecule has 2 rings (SSSR count). The topological polar surface area (TPSA) is 143 Å². The zero-order valence-electron chi connectivity index (χ0n) is 22.4. The summed E-state index contributed by atoms with van der Waals surface area (Å²) in [5.74, 6) is 7.70. The van der Waals surface area contributed by atoms with E-state index in [2.05, 4.69) is 34.4 Å². The molecule has 3 amide bonds. The van der Waals surface area contributed by atoms with E-state index in [1.165, 1.54) is 36.3 Å². The van der Waals surface area contributed by atoms with Crippen LogP contribution in [0.2, 0.25) is 0 Å². The lowest BCUT2D eigenvalue weighted by molar-refractivity contribution is -0.384. The number of nitrogens with zero attached hydrogens (tertiary/aromatic N) is 3. The van der Waals surface area contributed by atoms with Gasteiger partial charge in [0.1, 0.15) is 17.3 Å². The first kappa shape index (κ1) is 29.8. The maximum atomic E-state index is 12.9. The average Bonchev–Trinajstić information content (AvgIpc) is 2.84. The molecule has 1 heterocycles. The first-order chi connectivity index (χ1) is 17.8. The van der Waals surface area contributed by atoms with E-state index in [4.69, 9.17) is 9.47 Å². The monoisotopic (exact) mass is 527 g/mol. The van der Waals surface area contributed by atoms with Crippen molar-refractivity contribution in [3.05, 3.63) is 39.9 Å². The highest BCUT2D eigenvalue weighted by Gasteiger charge is 2.41. The van der Waals surface area contributed by atoms with Crippen LogP contribution in [0.5, 0.6) is 0 Å².